The molecule has 1 fully saturated rings. The van der Waals surface area contributed by atoms with Gasteiger partial charge in [0.25, 0.3) is 0 Å². The number of fused-ring (bicyclic) bond motifs is 3. The molecule has 3 N–H and O–H groups in total. The zero-order valence-electron chi connectivity index (χ0n) is 20.6. The average molecular weight is 527 g/mol. The molecular weight excluding hydrogens is 496 g/mol. The summed E-state index contributed by atoms with van der Waals surface area (Å²) >= 11 is 6.36. The van der Waals surface area contributed by atoms with E-state index in [4.69, 9.17) is 11.6 Å². The van der Waals surface area contributed by atoms with Crippen molar-refractivity contribution < 1.29 is 8.42 Å². The molecule has 0 saturated carbocycles. The molecule has 190 valence electrons. The van der Waals surface area contributed by atoms with Gasteiger partial charge in [-0.05, 0) is 81.0 Å². The van der Waals surface area contributed by atoms with Gasteiger partial charge >= 0.3 is 0 Å². The number of halogens is 1. The number of hydrogen-bond donors (Lipinski definition) is 3. The highest BCUT2D eigenvalue weighted by molar-refractivity contribution is 7.89. The van der Waals surface area contributed by atoms with E-state index in [2.05, 4.69) is 62.3 Å². The SMILES string of the molecule is CNS(=O)(=O)c1ccccc1Nc1nc(Nc2ccc3c(c2)C2CCC3CN(C(C)C)C2)ncc1Cl. The highest BCUT2D eigenvalue weighted by Gasteiger charge is 2.34. The van der Waals surface area contributed by atoms with Crippen LogP contribution in [0.1, 0.15) is 49.7 Å². The van der Waals surface area contributed by atoms with Gasteiger partial charge in [-0.1, -0.05) is 29.8 Å². The van der Waals surface area contributed by atoms with Gasteiger partial charge in [-0.15, -0.1) is 0 Å². The van der Waals surface area contributed by atoms with Crippen LogP contribution in [0.15, 0.2) is 53.6 Å². The molecule has 3 aliphatic rings. The Hall–Kier alpha value is -2.72. The van der Waals surface area contributed by atoms with Crippen molar-refractivity contribution >= 4 is 44.8 Å². The van der Waals surface area contributed by atoms with E-state index in [9.17, 15) is 8.42 Å². The van der Waals surface area contributed by atoms with Crippen LogP contribution in [-0.4, -0.2) is 49.5 Å². The average Bonchev–Trinajstić information content (AvgIpc) is 3.18. The minimum absolute atomic E-state index is 0.105. The van der Waals surface area contributed by atoms with Gasteiger partial charge < -0.3 is 10.6 Å². The van der Waals surface area contributed by atoms with Crippen LogP contribution in [0.4, 0.5) is 23.1 Å². The highest BCUT2D eigenvalue weighted by atomic mass is 35.5. The van der Waals surface area contributed by atoms with Crippen molar-refractivity contribution in [3.8, 4) is 0 Å². The lowest BCUT2D eigenvalue weighted by Crippen LogP contribution is -2.33. The zero-order chi connectivity index (χ0) is 25.4. The van der Waals surface area contributed by atoms with Crippen LogP contribution in [0.3, 0.4) is 0 Å². The molecule has 2 unspecified atom stereocenters. The Balaban J connectivity index is 1.40. The summed E-state index contributed by atoms with van der Waals surface area (Å²) in [6.07, 6.45) is 3.96. The Bertz CT molecular complexity index is 1380. The van der Waals surface area contributed by atoms with Crippen LogP contribution >= 0.6 is 11.6 Å². The number of hydrogen-bond acceptors (Lipinski definition) is 7. The van der Waals surface area contributed by atoms with Crippen LogP contribution in [0.2, 0.25) is 5.02 Å². The largest absolute Gasteiger partial charge is 0.338 e. The summed E-state index contributed by atoms with van der Waals surface area (Å²) < 4.78 is 27.2. The molecule has 1 saturated heterocycles. The fraction of sp³-hybridized carbons (Fsp3) is 0.385. The van der Waals surface area contributed by atoms with E-state index in [0.717, 1.165) is 18.8 Å². The first-order valence-electron chi connectivity index (χ1n) is 12.2. The predicted octanol–water partition coefficient (Wildman–Crippen LogP) is 5.21. The van der Waals surface area contributed by atoms with Crippen molar-refractivity contribution in [2.75, 3.05) is 30.8 Å². The van der Waals surface area contributed by atoms with Gasteiger partial charge in [-0.3, -0.25) is 4.90 Å². The van der Waals surface area contributed by atoms with Crippen molar-refractivity contribution in [1.29, 1.82) is 0 Å². The van der Waals surface area contributed by atoms with Crippen molar-refractivity contribution in [2.24, 2.45) is 0 Å². The summed E-state index contributed by atoms with van der Waals surface area (Å²) in [7, 11) is -2.29. The molecule has 1 aromatic heterocycles. The van der Waals surface area contributed by atoms with Gasteiger partial charge in [-0.25, -0.2) is 18.1 Å². The normalized spacial score (nSPS) is 19.7. The first-order chi connectivity index (χ1) is 17.2. The fourth-order valence-electron chi connectivity index (χ4n) is 5.22. The van der Waals surface area contributed by atoms with Crippen molar-refractivity contribution in [1.82, 2.24) is 19.6 Å². The van der Waals surface area contributed by atoms with Crippen molar-refractivity contribution in [2.45, 2.75) is 49.5 Å². The molecule has 1 aliphatic carbocycles. The second-order valence-corrected chi connectivity index (χ2v) is 12.0. The second kappa shape index (κ2) is 9.97. The summed E-state index contributed by atoms with van der Waals surface area (Å²) in [4.78, 5) is 11.6. The Morgan fingerprint density at radius 2 is 1.75 bits per heavy atom. The lowest BCUT2D eigenvalue weighted by molar-refractivity contribution is 0.219. The van der Waals surface area contributed by atoms with E-state index in [0.29, 0.717) is 35.3 Å². The van der Waals surface area contributed by atoms with E-state index in [1.54, 1.807) is 18.2 Å². The zero-order valence-corrected chi connectivity index (χ0v) is 22.2. The lowest BCUT2D eigenvalue weighted by atomic mass is 9.78. The lowest BCUT2D eigenvalue weighted by Gasteiger charge is -2.27. The quantitative estimate of drug-likeness (QED) is 0.388. The minimum Gasteiger partial charge on any atom is -0.338 e. The number of aromatic nitrogens is 2. The third kappa shape index (κ3) is 4.93. The Morgan fingerprint density at radius 3 is 2.47 bits per heavy atom. The van der Waals surface area contributed by atoms with Crippen LogP contribution in [-0.2, 0) is 10.0 Å². The molecule has 0 spiro atoms. The van der Waals surface area contributed by atoms with Crippen LogP contribution in [0, 0.1) is 0 Å². The molecule has 6 rings (SSSR count). The molecule has 36 heavy (non-hydrogen) atoms. The molecule has 2 bridgehead atoms. The number of sulfonamides is 1. The van der Waals surface area contributed by atoms with Gasteiger partial charge in [0.2, 0.25) is 16.0 Å². The molecule has 2 aromatic carbocycles. The first-order valence-corrected chi connectivity index (χ1v) is 14.1. The minimum atomic E-state index is -3.66. The first kappa shape index (κ1) is 25.0. The Kier molecular flexibility index (Phi) is 6.91. The topological polar surface area (TPSA) is 99.2 Å². The third-order valence-corrected chi connectivity index (χ3v) is 8.92. The van der Waals surface area contributed by atoms with Crippen molar-refractivity contribution in [3.05, 3.63) is 64.8 Å². The second-order valence-electron chi connectivity index (χ2n) is 9.71. The molecule has 0 amide bonds. The maximum Gasteiger partial charge on any atom is 0.242 e. The fourth-order valence-corrected chi connectivity index (χ4v) is 6.24. The maximum absolute atomic E-state index is 12.4. The molecule has 10 heteroatoms. The predicted molar refractivity (Wildman–Crippen MR) is 144 cm³/mol. The summed E-state index contributed by atoms with van der Waals surface area (Å²) in [6, 6.07) is 13.7. The maximum atomic E-state index is 12.4. The van der Waals surface area contributed by atoms with Crippen LogP contribution in [0.25, 0.3) is 0 Å². The van der Waals surface area contributed by atoms with Crippen LogP contribution in [0.5, 0.6) is 0 Å². The van der Waals surface area contributed by atoms with Gasteiger partial charge in [0.05, 0.1) is 11.9 Å². The number of para-hydroxylation sites is 1. The van der Waals surface area contributed by atoms with Crippen molar-refractivity contribution in [3.63, 3.8) is 0 Å². The molecule has 2 aliphatic heterocycles. The van der Waals surface area contributed by atoms with E-state index in [1.807, 2.05) is 0 Å². The van der Waals surface area contributed by atoms with E-state index < -0.39 is 10.0 Å². The monoisotopic (exact) mass is 526 g/mol. The van der Waals surface area contributed by atoms with Crippen LogP contribution < -0.4 is 15.4 Å². The highest BCUT2D eigenvalue weighted by Crippen LogP contribution is 2.44. The van der Waals surface area contributed by atoms with Gasteiger partial charge in [0, 0.05) is 24.8 Å². The van der Waals surface area contributed by atoms with Gasteiger partial charge in [0.15, 0.2) is 5.82 Å². The Labute approximate surface area is 217 Å². The summed E-state index contributed by atoms with van der Waals surface area (Å²) in [5.74, 6) is 1.79. The van der Waals surface area contributed by atoms with E-state index in [-0.39, 0.29) is 9.92 Å². The summed E-state index contributed by atoms with van der Waals surface area (Å²) in [6.45, 7) is 6.76. The molecular formula is C26H31ClN6O2S. The Morgan fingerprint density at radius 1 is 1.03 bits per heavy atom. The summed E-state index contributed by atoms with van der Waals surface area (Å²) in [5, 5.41) is 6.65. The van der Waals surface area contributed by atoms with Gasteiger partial charge in [-0.2, -0.15) is 4.98 Å². The number of anilines is 4. The smallest absolute Gasteiger partial charge is 0.242 e. The molecule has 3 aromatic rings. The molecule has 8 nitrogen and oxygen atoms in total. The molecule has 2 atom stereocenters. The number of nitrogens with zero attached hydrogens (tertiary/aromatic N) is 3. The molecule has 3 heterocycles. The number of rotatable bonds is 7. The standard InChI is InChI=1S/C26H31ClN6O2S/c1-16(2)33-14-17-8-9-18(15-33)21-12-19(10-11-20(17)21)30-26-29-13-22(27)25(32-26)31-23-6-4-5-7-24(23)36(34,35)28-3/h4-7,10-13,16-18,28H,8-9,14-15H2,1-3H3,(H2,29,30,31,32). The van der Waals surface area contributed by atoms with Gasteiger partial charge in [0.1, 0.15) is 9.92 Å². The van der Waals surface area contributed by atoms with E-state index >= 15 is 0 Å². The number of benzene rings is 2. The van der Waals surface area contributed by atoms with E-state index in [1.165, 1.54) is 43.3 Å². The number of nitrogens with one attached hydrogen (secondary N) is 3. The summed E-state index contributed by atoms with van der Waals surface area (Å²) in [5.41, 5.74) is 4.16. The third-order valence-electron chi connectivity index (χ3n) is 7.17. The molecule has 0 radical (unpaired) electrons.